The van der Waals surface area contributed by atoms with Crippen LogP contribution >= 0.6 is 0 Å². The molecule has 2 aromatic rings. The van der Waals surface area contributed by atoms with Crippen molar-refractivity contribution >= 4 is 23.3 Å². The number of amides is 3. The number of hydrogen-bond acceptors (Lipinski definition) is 5. The summed E-state index contributed by atoms with van der Waals surface area (Å²) in [7, 11) is 1.52. The van der Waals surface area contributed by atoms with Gasteiger partial charge in [0.25, 0.3) is 5.91 Å². The molecule has 0 aliphatic carbocycles. The minimum atomic E-state index is -4.64. The van der Waals surface area contributed by atoms with Gasteiger partial charge in [0, 0.05) is 37.4 Å². The normalized spacial score (nSPS) is 13.9. The summed E-state index contributed by atoms with van der Waals surface area (Å²) in [6, 6.07) is 9.45. The molecule has 1 aliphatic heterocycles. The van der Waals surface area contributed by atoms with Crippen molar-refractivity contribution in [3.8, 4) is 5.75 Å². The maximum atomic E-state index is 13.6. The van der Waals surface area contributed by atoms with E-state index in [-0.39, 0.29) is 24.7 Å². The summed E-state index contributed by atoms with van der Waals surface area (Å²) in [6.07, 6.45) is -4.64. The fraction of sp³-hybridized carbons (Fsp3) is 0.364. The molecule has 0 saturated carbocycles. The molecule has 0 bridgehead atoms. The molecule has 11 heteroatoms. The van der Waals surface area contributed by atoms with Crippen molar-refractivity contribution in [3.63, 3.8) is 0 Å². The molecule has 0 spiro atoms. The van der Waals surface area contributed by atoms with Crippen molar-refractivity contribution in [1.82, 2.24) is 10.6 Å². The summed E-state index contributed by atoms with van der Waals surface area (Å²) in [5.41, 5.74) is -0.456. The number of nitrogens with zero attached hydrogens (tertiary/aromatic N) is 1. The number of rotatable bonds is 7. The molecule has 2 aromatic carbocycles. The standard InChI is InChI=1S/C22H25F3N4O4/c1-32-17-5-2-15(3-6-17)20(30)26-8-9-27-21(31)28-19-7-4-16(14-18(19)22(23,24)25)29-10-12-33-13-11-29/h2-7,14H,8-13H2,1H3,(H,26,30)(H2,27,28,31). The quantitative estimate of drug-likeness (QED) is 0.546. The average Bonchev–Trinajstić information content (AvgIpc) is 2.82. The van der Waals surface area contributed by atoms with Gasteiger partial charge in [0.1, 0.15) is 5.75 Å². The Hall–Kier alpha value is -3.47. The summed E-state index contributed by atoms with van der Waals surface area (Å²) in [5, 5.41) is 7.29. The third-order valence-corrected chi connectivity index (χ3v) is 4.98. The lowest BCUT2D eigenvalue weighted by atomic mass is 10.1. The Kier molecular flexibility index (Phi) is 7.99. The highest BCUT2D eigenvalue weighted by molar-refractivity contribution is 5.94. The van der Waals surface area contributed by atoms with Crippen LogP contribution in [0.1, 0.15) is 15.9 Å². The van der Waals surface area contributed by atoms with Gasteiger partial charge in [-0.15, -0.1) is 0 Å². The monoisotopic (exact) mass is 466 g/mol. The highest BCUT2D eigenvalue weighted by Gasteiger charge is 2.34. The number of methoxy groups -OCH3 is 1. The van der Waals surface area contributed by atoms with E-state index in [4.69, 9.17) is 9.47 Å². The number of carbonyl (C=O) groups excluding carboxylic acids is 2. The van der Waals surface area contributed by atoms with Crippen LogP contribution in [0.25, 0.3) is 0 Å². The Balaban J connectivity index is 1.53. The summed E-state index contributed by atoms with van der Waals surface area (Å²) in [4.78, 5) is 26.0. The number of carbonyl (C=O) groups is 2. The predicted octanol–water partition coefficient (Wildman–Crippen LogP) is 3.10. The van der Waals surface area contributed by atoms with Crippen LogP contribution in [0.2, 0.25) is 0 Å². The van der Waals surface area contributed by atoms with Crippen LogP contribution in [-0.2, 0) is 10.9 Å². The maximum Gasteiger partial charge on any atom is 0.418 e. The number of morpholine rings is 1. The Morgan fingerprint density at radius 3 is 2.33 bits per heavy atom. The summed E-state index contributed by atoms with van der Waals surface area (Å²) in [6.45, 7) is 2.00. The lowest BCUT2D eigenvalue weighted by Crippen LogP contribution is -2.37. The first-order valence-corrected chi connectivity index (χ1v) is 10.3. The minimum Gasteiger partial charge on any atom is -0.497 e. The summed E-state index contributed by atoms with van der Waals surface area (Å²) in [5.74, 6) is 0.263. The van der Waals surface area contributed by atoms with Gasteiger partial charge in [-0.25, -0.2) is 4.79 Å². The predicted molar refractivity (Wildman–Crippen MR) is 117 cm³/mol. The molecule has 1 saturated heterocycles. The highest BCUT2D eigenvalue weighted by atomic mass is 19.4. The van der Waals surface area contributed by atoms with Gasteiger partial charge in [-0.1, -0.05) is 0 Å². The largest absolute Gasteiger partial charge is 0.497 e. The van der Waals surface area contributed by atoms with Crippen LogP contribution < -0.4 is 25.6 Å². The van der Waals surface area contributed by atoms with Gasteiger partial charge in [-0.05, 0) is 42.5 Å². The average molecular weight is 466 g/mol. The third-order valence-electron chi connectivity index (χ3n) is 4.98. The van der Waals surface area contributed by atoms with Crippen LogP contribution in [0.15, 0.2) is 42.5 Å². The van der Waals surface area contributed by atoms with Crippen molar-refractivity contribution in [2.24, 2.45) is 0 Å². The van der Waals surface area contributed by atoms with E-state index in [1.807, 2.05) is 0 Å². The Labute approximate surface area is 189 Å². The van der Waals surface area contributed by atoms with E-state index in [9.17, 15) is 22.8 Å². The van der Waals surface area contributed by atoms with Crippen LogP contribution in [0.5, 0.6) is 5.75 Å². The number of anilines is 2. The first-order chi connectivity index (χ1) is 15.8. The Morgan fingerprint density at radius 1 is 1.03 bits per heavy atom. The van der Waals surface area contributed by atoms with Crippen LogP contribution in [0.4, 0.5) is 29.3 Å². The Bertz CT molecular complexity index is 961. The molecule has 1 fully saturated rings. The molecule has 0 unspecified atom stereocenters. The fourth-order valence-electron chi connectivity index (χ4n) is 3.26. The molecule has 3 amide bonds. The van der Waals surface area contributed by atoms with E-state index >= 15 is 0 Å². The third kappa shape index (κ3) is 6.75. The number of hydrogen-bond donors (Lipinski definition) is 3. The second-order valence-electron chi connectivity index (χ2n) is 7.19. The van der Waals surface area contributed by atoms with Gasteiger partial charge < -0.3 is 30.3 Å². The molecule has 33 heavy (non-hydrogen) atoms. The second kappa shape index (κ2) is 10.9. The van der Waals surface area contributed by atoms with E-state index in [1.54, 1.807) is 29.2 Å². The van der Waals surface area contributed by atoms with Gasteiger partial charge in [0.2, 0.25) is 0 Å². The summed E-state index contributed by atoms with van der Waals surface area (Å²) >= 11 is 0. The van der Waals surface area contributed by atoms with Crippen LogP contribution in [0, 0.1) is 0 Å². The molecular weight excluding hydrogens is 441 g/mol. The second-order valence-corrected chi connectivity index (χ2v) is 7.19. The van der Waals surface area contributed by atoms with Gasteiger partial charge in [-0.3, -0.25) is 4.79 Å². The number of ether oxygens (including phenoxy) is 2. The number of benzene rings is 2. The highest BCUT2D eigenvalue weighted by Crippen LogP contribution is 2.37. The van der Waals surface area contributed by atoms with E-state index in [0.717, 1.165) is 6.07 Å². The van der Waals surface area contributed by atoms with Gasteiger partial charge in [0.15, 0.2) is 0 Å². The molecule has 0 radical (unpaired) electrons. The van der Waals surface area contributed by atoms with Crippen LogP contribution in [-0.4, -0.2) is 58.4 Å². The van der Waals surface area contributed by atoms with E-state index in [1.165, 1.54) is 19.2 Å². The van der Waals surface area contributed by atoms with E-state index in [2.05, 4.69) is 16.0 Å². The van der Waals surface area contributed by atoms with Crippen molar-refractivity contribution in [2.75, 3.05) is 56.7 Å². The van der Waals surface area contributed by atoms with Gasteiger partial charge >= 0.3 is 12.2 Å². The first kappa shape index (κ1) is 24.2. The molecular formula is C22H25F3N4O4. The minimum absolute atomic E-state index is 0.0287. The molecule has 1 aliphatic rings. The fourth-order valence-corrected chi connectivity index (χ4v) is 3.26. The van der Waals surface area contributed by atoms with Crippen molar-refractivity contribution in [1.29, 1.82) is 0 Å². The van der Waals surface area contributed by atoms with Crippen LogP contribution in [0.3, 0.4) is 0 Å². The van der Waals surface area contributed by atoms with Gasteiger partial charge in [-0.2, -0.15) is 13.2 Å². The zero-order valence-electron chi connectivity index (χ0n) is 18.0. The summed E-state index contributed by atoms with van der Waals surface area (Å²) < 4.78 is 51.0. The smallest absolute Gasteiger partial charge is 0.418 e. The number of urea groups is 1. The number of nitrogens with one attached hydrogen (secondary N) is 3. The lowest BCUT2D eigenvalue weighted by Gasteiger charge is -2.29. The zero-order valence-corrected chi connectivity index (χ0v) is 18.0. The molecule has 8 nitrogen and oxygen atoms in total. The topological polar surface area (TPSA) is 91.9 Å². The molecule has 0 atom stereocenters. The molecule has 178 valence electrons. The van der Waals surface area contributed by atoms with E-state index < -0.39 is 17.8 Å². The number of halogens is 3. The molecule has 1 heterocycles. The Morgan fingerprint density at radius 2 is 1.70 bits per heavy atom. The van der Waals surface area contributed by atoms with E-state index in [0.29, 0.717) is 43.3 Å². The maximum absolute atomic E-state index is 13.6. The van der Waals surface area contributed by atoms with Gasteiger partial charge in [0.05, 0.1) is 31.6 Å². The molecule has 3 N–H and O–H groups in total. The number of alkyl halides is 3. The zero-order chi connectivity index (χ0) is 23.8. The van der Waals surface area contributed by atoms with Crippen molar-refractivity contribution < 1.29 is 32.2 Å². The SMILES string of the molecule is COc1ccc(C(=O)NCCNC(=O)Nc2ccc(N3CCOCC3)cc2C(F)(F)F)cc1. The molecule has 3 rings (SSSR count). The van der Waals surface area contributed by atoms with Crippen molar-refractivity contribution in [3.05, 3.63) is 53.6 Å². The molecule has 0 aromatic heterocycles. The lowest BCUT2D eigenvalue weighted by molar-refractivity contribution is -0.136. The first-order valence-electron chi connectivity index (χ1n) is 10.3. The van der Waals surface area contributed by atoms with Crippen molar-refractivity contribution in [2.45, 2.75) is 6.18 Å².